The Bertz CT molecular complexity index is 350. The van der Waals surface area contributed by atoms with Gasteiger partial charge >= 0.3 is 6.09 Å². The molecule has 0 unspecified atom stereocenters. The zero-order valence-electron chi connectivity index (χ0n) is 12.4. The van der Waals surface area contributed by atoms with Gasteiger partial charge in [-0.05, 0) is 20.8 Å². The van der Waals surface area contributed by atoms with Crippen LogP contribution in [0.3, 0.4) is 0 Å². The monoisotopic (exact) mass is 256 g/mol. The lowest BCUT2D eigenvalue weighted by Gasteiger charge is -2.33. The average molecular weight is 256 g/mol. The third kappa shape index (κ3) is 3.62. The maximum Gasteiger partial charge on any atom is 0.412 e. The van der Waals surface area contributed by atoms with Gasteiger partial charge in [0.25, 0.3) is 0 Å². The van der Waals surface area contributed by atoms with E-state index in [1.54, 1.807) is 12.0 Å². The van der Waals surface area contributed by atoms with Crippen LogP contribution in [0.25, 0.3) is 0 Å². The van der Waals surface area contributed by atoms with Crippen molar-refractivity contribution in [2.75, 3.05) is 13.7 Å². The molecule has 0 aromatic rings. The molecule has 0 N–H and O–H groups in total. The Balaban J connectivity index is 2.86. The highest BCUT2D eigenvalue weighted by molar-refractivity contribution is 5.85. The third-order valence-corrected chi connectivity index (χ3v) is 2.51. The minimum atomic E-state index is -0.505. The van der Waals surface area contributed by atoms with Crippen LogP contribution in [0.5, 0.6) is 0 Å². The molecule has 1 aliphatic heterocycles. The molecule has 0 aromatic heterocycles. The van der Waals surface area contributed by atoms with Crippen LogP contribution in [0.1, 0.15) is 41.5 Å². The smallest absolute Gasteiger partial charge is 0.412 e. The molecule has 0 spiro atoms. The van der Waals surface area contributed by atoms with Gasteiger partial charge in [0.05, 0.1) is 7.11 Å². The predicted octanol–water partition coefficient (Wildman–Crippen LogP) is 2.65. The molecule has 0 saturated heterocycles. The number of aliphatic imine (C=N–C) groups is 1. The summed E-state index contributed by atoms with van der Waals surface area (Å²) in [6.45, 7) is 12.0. The molecular weight excluding hydrogens is 232 g/mol. The van der Waals surface area contributed by atoms with E-state index in [2.05, 4.69) is 4.99 Å². The fourth-order valence-corrected chi connectivity index (χ4v) is 1.74. The molecule has 1 aliphatic rings. The summed E-state index contributed by atoms with van der Waals surface area (Å²) in [5, 5.41) is 0. The second-order valence-corrected chi connectivity index (χ2v) is 6.57. The summed E-state index contributed by atoms with van der Waals surface area (Å²) in [7, 11) is 1.57. The van der Waals surface area contributed by atoms with Crippen molar-refractivity contribution >= 4 is 12.0 Å². The number of amides is 1. The Morgan fingerprint density at radius 3 is 2.22 bits per heavy atom. The lowest BCUT2D eigenvalue weighted by molar-refractivity contribution is 0.0114. The number of carbonyl (C=O) groups excluding carboxylic acids is 1. The minimum Gasteiger partial charge on any atom is -0.483 e. The lowest BCUT2D eigenvalue weighted by atomic mass is 9.92. The van der Waals surface area contributed by atoms with Gasteiger partial charge in [0.2, 0.25) is 5.90 Å². The fraction of sp³-hybridized carbons (Fsp3) is 0.846. The van der Waals surface area contributed by atoms with Crippen LogP contribution in [0, 0.1) is 5.41 Å². The summed E-state index contributed by atoms with van der Waals surface area (Å²) in [6, 6.07) is 0. The van der Waals surface area contributed by atoms with E-state index in [0.717, 1.165) is 0 Å². The number of ether oxygens (including phenoxy) is 2. The molecule has 0 aliphatic carbocycles. The molecule has 5 heteroatoms. The fourth-order valence-electron chi connectivity index (χ4n) is 1.74. The number of hydrogen-bond donors (Lipinski definition) is 0. The standard InChI is InChI=1S/C13H24N2O3/c1-12(2,3)10-14-9(17-7)8-15(10)11(16)18-13(4,5)6/h10H,8H2,1-7H3/t10-/m1/s1. The van der Waals surface area contributed by atoms with E-state index >= 15 is 0 Å². The van der Waals surface area contributed by atoms with Gasteiger partial charge in [-0.3, -0.25) is 4.90 Å². The first kappa shape index (κ1) is 14.8. The Hall–Kier alpha value is -1.26. The summed E-state index contributed by atoms with van der Waals surface area (Å²) in [6.07, 6.45) is -0.597. The van der Waals surface area contributed by atoms with Crippen molar-refractivity contribution in [2.45, 2.75) is 53.3 Å². The third-order valence-electron chi connectivity index (χ3n) is 2.51. The van der Waals surface area contributed by atoms with E-state index in [-0.39, 0.29) is 17.7 Å². The second-order valence-electron chi connectivity index (χ2n) is 6.57. The maximum absolute atomic E-state index is 12.2. The van der Waals surface area contributed by atoms with Crippen LogP contribution in [0.4, 0.5) is 4.79 Å². The van der Waals surface area contributed by atoms with Crippen LogP contribution >= 0.6 is 0 Å². The summed E-state index contributed by atoms with van der Waals surface area (Å²) < 4.78 is 10.5. The molecule has 1 rings (SSSR count). The van der Waals surface area contributed by atoms with Crippen molar-refractivity contribution in [2.24, 2.45) is 10.4 Å². The molecule has 18 heavy (non-hydrogen) atoms. The Kier molecular flexibility index (Phi) is 3.93. The highest BCUT2D eigenvalue weighted by atomic mass is 16.6. The Morgan fingerprint density at radius 2 is 1.83 bits per heavy atom. The van der Waals surface area contributed by atoms with E-state index < -0.39 is 5.60 Å². The Labute approximate surface area is 109 Å². The second kappa shape index (κ2) is 4.78. The first-order chi connectivity index (χ1) is 8.04. The molecule has 0 aromatic carbocycles. The number of carbonyl (C=O) groups is 1. The van der Waals surface area contributed by atoms with Gasteiger partial charge in [0.1, 0.15) is 18.3 Å². The molecule has 0 bridgehead atoms. The Morgan fingerprint density at radius 1 is 1.28 bits per heavy atom. The van der Waals surface area contributed by atoms with Crippen LogP contribution in [-0.4, -0.2) is 42.3 Å². The van der Waals surface area contributed by atoms with Crippen molar-refractivity contribution < 1.29 is 14.3 Å². The molecule has 1 heterocycles. The molecule has 1 amide bonds. The maximum atomic E-state index is 12.2. The van der Waals surface area contributed by atoms with Crippen LogP contribution in [-0.2, 0) is 9.47 Å². The van der Waals surface area contributed by atoms with Crippen molar-refractivity contribution in [3.63, 3.8) is 0 Å². The largest absolute Gasteiger partial charge is 0.483 e. The summed E-state index contributed by atoms with van der Waals surface area (Å²) >= 11 is 0. The number of nitrogens with zero attached hydrogens (tertiary/aromatic N) is 2. The SMILES string of the molecule is COC1=N[C@@H](C(C)(C)C)N(C(=O)OC(C)(C)C)C1. The summed E-state index contributed by atoms with van der Waals surface area (Å²) in [4.78, 5) is 18.2. The van der Waals surface area contributed by atoms with Gasteiger partial charge in [-0.1, -0.05) is 20.8 Å². The molecule has 0 fully saturated rings. The van der Waals surface area contributed by atoms with Gasteiger partial charge in [0, 0.05) is 5.41 Å². The molecule has 0 saturated carbocycles. The molecule has 0 radical (unpaired) electrons. The van der Waals surface area contributed by atoms with Crippen molar-refractivity contribution in [1.82, 2.24) is 4.90 Å². The molecular formula is C13H24N2O3. The van der Waals surface area contributed by atoms with E-state index in [4.69, 9.17) is 9.47 Å². The summed E-state index contributed by atoms with van der Waals surface area (Å²) in [5.41, 5.74) is -0.660. The number of rotatable bonds is 0. The predicted molar refractivity (Wildman–Crippen MR) is 70.6 cm³/mol. The van der Waals surface area contributed by atoms with Crippen LogP contribution in [0.15, 0.2) is 4.99 Å². The van der Waals surface area contributed by atoms with Crippen molar-refractivity contribution in [3.05, 3.63) is 0 Å². The highest BCUT2D eigenvalue weighted by Crippen LogP contribution is 2.30. The first-order valence-corrected chi connectivity index (χ1v) is 6.15. The van der Waals surface area contributed by atoms with Gasteiger partial charge in [-0.25, -0.2) is 9.79 Å². The first-order valence-electron chi connectivity index (χ1n) is 6.15. The quantitative estimate of drug-likeness (QED) is 0.669. The van der Waals surface area contributed by atoms with Crippen LogP contribution in [0.2, 0.25) is 0 Å². The van der Waals surface area contributed by atoms with E-state index in [1.807, 2.05) is 41.5 Å². The number of methoxy groups -OCH3 is 1. The molecule has 5 nitrogen and oxygen atoms in total. The molecule has 1 atom stereocenters. The van der Waals surface area contributed by atoms with E-state index in [1.165, 1.54) is 0 Å². The van der Waals surface area contributed by atoms with Crippen molar-refractivity contribution in [1.29, 1.82) is 0 Å². The topological polar surface area (TPSA) is 51.1 Å². The summed E-state index contributed by atoms with van der Waals surface area (Å²) in [5.74, 6) is 0.570. The normalized spacial score (nSPS) is 20.7. The minimum absolute atomic E-state index is 0.156. The van der Waals surface area contributed by atoms with E-state index in [0.29, 0.717) is 12.4 Å². The zero-order chi connectivity index (χ0) is 14.1. The highest BCUT2D eigenvalue weighted by Gasteiger charge is 2.40. The van der Waals surface area contributed by atoms with Gasteiger partial charge in [0.15, 0.2) is 0 Å². The van der Waals surface area contributed by atoms with Crippen LogP contribution < -0.4 is 0 Å². The average Bonchev–Trinajstić information content (AvgIpc) is 2.57. The van der Waals surface area contributed by atoms with E-state index in [9.17, 15) is 4.79 Å². The van der Waals surface area contributed by atoms with Gasteiger partial charge in [-0.15, -0.1) is 0 Å². The van der Waals surface area contributed by atoms with Crippen molar-refractivity contribution in [3.8, 4) is 0 Å². The van der Waals surface area contributed by atoms with Gasteiger partial charge < -0.3 is 9.47 Å². The number of hydrogen-bond acceptors (Lipinski definition) is 4. The lowest BCUT2D eigenvalue weighted by Crippen LogP contribution is -2.46. The zero-order valence-corrected chi connectivity index (χ0v) is 12.4. The van der Waals surface area contributed by atoms with Gasteiger partial charge in [-0.2, -0.15) is 0 Å². The molecule has 104 valence electrons.